The van der Waals surface area contributed by atoms with Crippen LogP contribution in [0.5, 0.6) is 0 Å². The van der Waals surface area contributed by atoms with Crippen LogP contribution in [0, 0.1) is 5.92 Å². The van der Waals surface area contributed by atoms with Crippen LogP contribution in [0.2, 0.25) is 0 Å². The van der Waals surface area contributed by atoms with Crippen LogP contribution >= 0.6 is 0 Å². The summed E-state index contributed by atoms with van der Waals surface area (Å²) in [6, 6.07) is 4.25. The van der Waals surface area contributed by atoms with Crippen molar-refractivity contribution in [3.8, 4) is 0 Å². The van der Waals surface area contributed by atoms with E-state index in [2.05, 4.69) is 16.0 Å². The third-order valence-corrected chi connectivity index (χ3v) is 3.85. The largest absolute Gasteiger partial charge is 0.381 e. The average molecular weight is 265 g/mol. The number of aromatic nitrogens is 1. The molecule has 1 amide bonds. The molecule has 1 fully saturated rings. The number of primary amides is 1. The summed E-state index contributed by atoms with van der Waals surface area (Å²) in [6.07, 6.45) is 4.42. The molecule has 0 aromatic carbocycles. The molecule has 1 aliphatic heterocycles. The van der Waals surface area contributed by atoms with E-state index in [4.69, 9.17) is 10.5 Å². The summed E-state index contributed by atoms with van der Waals surface area (Å²) in [7, 11) is 2.02. The van der Waals surface area contributed by atoms with Crippen molar-refractivity contribution in [3.63, 3.8) is 0 Å². The lowest BCUT2D eigenvalue weighted by Crippen LogP contribution is -2.41. The van der Waals surface area contributed by atoms with Crippen molar-refractivity contribution in [1.29, 1.82) is 0 Å². The molecule has 1 aromatic heterocycles. The molecule has 5 nitrogen and oxygen atoms in total. The summed E-state index contributed by atoms with van der Waals surface area (Å²) in [4.78, 5) is 11.2. The van der Waals surface area contributed by atoms with Crippen LogP contribution in [0.1, 0.15) is 25.0 Å². The van der Waals surface area contributed by atoms with Crippen LogP contribution in [0.4, 0.5) is 0 Å². The fourth-order valence-corrected chi connectivity index (χ4v) is 2.66. The lowest BCUT2D eigenvalue weighted by molar-refractivity contribution is -0.119. The van der Waals surface area contributed by atoms with E-state index in [0.29, 0.717) is 12.3 Å². The van der Waals surface area contributed by atoms with Gasteiger partial charge >= 0.3 is 0 Å². The molecule has 1 aliphatic rings. The summed E-state index contributed by atoms with van der Waals surface area (Å²) in [5.74, 6) is 0.234. The van der Waals surface area contributed by atoms with Gasteiger partial charge in [0.25, 0.3) is 0 Å². The Kier molecular flexibility index (Phi) is 4.99. The number of ether oxygens (including phenoxy) is 1. The normalized spacial score (nSPS) is 18.4. The highest BCUT2D eigenvalue weighted by Crippen LogP contribution is 2.21. The quantitative estimate of drug-likeness (QED) is 0.799. The molecular formula is C14H23N3O2. The number of carbonyl (C=O) groups excluding carboxylic acids is 1. The van der Waals surface area contributed by atoms with E-state index in [-0.39, 0.29) is 11.9 Å². The van der Waals surface area contributed by atoms with Gasteiger partial charge in [0.15, 0.2) is 0 Å². The summed E-state index contributed by atoms with van der Waals surface area (Å²) in [5, 5.41) is 3.49. The number of rotatable bonds is 6. The van der Waals surface area contributed by atoms with Gasteiger partial charge in [0.05, 0.1) is 0 Å². The maximum atomic E-state index is 11.2. The van der Waals surface area contributed by atoms with Gasteiger partial charge in [0.2, 0.25) is 5.91 Å². The summed E-state index contributed by atoms with van der Waals surface area (Å²) < 4.78 is 7.46. The topological polar surface area (TPSA) is 69.3 Å². The van der Waals surface area contributed by atoms with Crippen molar-refractivity contribution in [2.75, 3.05) is 13.2 Å². The molecular weight excluding hydrogens is 242 g/mol. The monoisotopic (exact) mass is 265 g/mol. The smallest absolute Gasteiger partial charge is 0.218 e. The molecule has 1 atom stereocenters. The third kappa shape index (κ3) is 4.08. The van der Waals surface area contributed by atoms with Crippen molar-refractivity contribution >= 4 is 5.91 Å². The summed E-state index contributed by atoms with van der Waals surface area (Å²) in [6.45, 7) is 2.33. The van der Waals surface area contributed by atoms with Crippen molar-refractivity contribution < 1.29 is 9.53 Å². The molecule has 0 aliphatic carbocycles. The highest BCUT2D eigenvalue weighted by molar-refractivity contribution is 5.74. The van der Waals surface area contributed by atoms with Gasteiger partial charge in [-0.3, -0.25) is 4.79 Å². The van der Waals surface area contributed by atoms with E-state index in [1.807, 2.05) is 19.3 Å². The standard InChI is InChI=1S/C14H23N3O2/c1-17-6-2-3-12(17)10-16-13(9-14(15)18)11-4-7-19-8-5-11/h2-3,6,11,13,16H,4-5,7-10H2,1H3,(H2,15,18)/t13-/m0/s1. The molecule has 1 aromatic rings. The second kappa shape index (κ2) is 6.73. The molecule has 2 heterocycles. The lowest BCUT2D eigenvalue weighted by atomic mass is 9.89. The van der Waals surface area contributed by atoms with Crippen LogP contribution in [0.3, 0.4) is 0 Å². The third-order valence-electron chi connectivity index (χ3n) is 3.85. The van der Waals surface area contributed by atoms with Gasteiger partial charge in [0.1, 0.15) is 0 Å². The average Bonchev–Trinajstić information content (AvgIpc) is 2.81. The number of nitrogens with one attached hydrogen (secondary N) is 1. The van der Waals surface area contributed by atoms with E-state index in [1.165, 1.54) is 5.69 Å². The minimum absolute atomic E-state index is 0.149. The molecule has 1 saturated heterocycles. The van der Waals surface area contributed by atoms with Crippen LogP contribution in [0.25, 0.3) is 0 Å². The first-order chi connectivity index (χ1) is 9.16. The second-order valence-corrected chi connectivity index (χ2v) is 5.22. The van der Waals surface area contributed by atoms with Gasteiger partial charge in [-0.25, -0.2) is 0 Å². The number of carbonyl (C=O) groups is 1. The van der Waals surface area contributed by atoms with E-state index >= 15 is 0 Å². The Bertz CT molecular complexity index is 411. The fraction of sp³-hybridized carbons (Fsp3) is 0.643. The molecule has 19 heavy (non-hydrogen) atoms. The number of amides is 1. The van der Waals surface area contributed by atoms with E-state index in [1.54, 1.807) is 0 Å². The van der Waals surface area contributed by atoms with E-state index in [9.17, 15) is 4.79 Å². The van der Waals surface area contributed by atoms with Gasteiger partial charge in [-0.2, -0.15) is 0 Å². The van der Waals surface area contributed by atoms with Crippen molar-refractivity contribution in [2.45, 2.75) is 31.8 Å². The van der Waals surface area contributed by atoms with Crippen molar-refractivity contribution in [2.24, 2.45) is 18.7 Å². The minimum atomic E-state index is -0.240. The van der Waals surface area contributed by atoms with Gasteiger partial charge in [-0.1, -0.05) is 0 Å². The number of nitrogens with zero attached hydrogens (tertiary/aromatic N) is 1. The predicted molar refractivity (Wildman–Crippen MR) is 73.4 cm³/mol. The lowest BCUT2D eigenvalue weighted by Gasteiger charge is -2.30. The first kappa shape index (κ1) is 14.1. The highest BCUT2D eigenvalue weighted by Gasteiger charge is 2.25. The number of aryl methyl sites for hydroxylation is 1. The fourth-order valence-electron chi connectivity index (χ4n) is 2.66. The van der Waals surface area contributed by atoms with Crippen molar-refractivity contribution in [3.05, 3.63) is 24.0 Å². The van der Waals surface area contributed by atoms with Crippen molar-refractivity contribution in [1.82, 2.24) is 9.88 Å². The van der Waals surface area contributed by atoms with Crippen LogP contribution in [-0.4, -0.2) is 29.7 Å². The zero-order chi connectivity index (χ0) is 13.7. The predicted octanol–water partition coefficient (Wildman–Crippen LogP) is 0.785. The Balaban J connectivity index is 1.93. The van der Waals surface area contributed by atoms with Crippen LogP contribution < -0.4 is 11.1 Å². The number of hydrogen-bond donors (Lipinski definition) is 2. The molecule has 0 bridgehead atoms. The van der Waals surface area contributed by atoms with E-state index < -0.39 is 0 Å². The summed E-state index contributed by atoms with van der Waals surface area (Å²) in [5.41, 5.74) is 6.57. The highest BCUT2D eigenvalue weighted by atomic mass is 16.5. The van der Waals surface area contributed by atoms with Gasteiger partial charge in [-0.15, -0.1) is 0 Å². The first-order valence-electron chi connectivity index (χ1n) is 6.86. The van der Waals surface area contributed by atoms with Gasteiger partial charge in [0, 0.05) is 51.2 Å². The summed E-state index contributed by atoms with van der Waals surface area (Å²) >= 11 is 0. The maximum absolute atomic E-state index is 11.2. The molecule has 0 spiro atoms. The Morgan fingerprint density at radius 2 is 2.32 bits per heavy atom. The Morgan fingerprint density at radius 3 is 2.89 bits per heavy atom. The SMILES string of the molecule is Cn1cccc1CN[C@@H](CC(N)=O)C1CCOCC1. The van der Waals surface area contributed by atoms with Gasteiger partial charge < -0.3 is 20.4 Å². The molecule has 3 N–H and O–H groups in total. The maximum Gasteiger partial charge on any atom is 0.218 e. The second-order valence-electron chi connectivity index (χ2n) is 5.22. The minimum Gasteiger partial charge on any atom is -0.381 e. The molecule has 0 unspecified atom stereocenters. The van der Waals surface area contributed by atoms with E-state index in [0.717, 1.165) is 32.6 Å². The Labute approximate surface area is 114 Å². The molecule has 106 valence electrons. The Morgan fingerprint density at radius 1 is 1.58 bits per heavy atom. The molecule has 2 rings (SSSR count). The number of nitrogens with two attached hydrogens (primary N) is 1. The molecule has 0 radical (unpaired) electrons. The van der Waals surface area contributed by atoms with Crippen LogP contribution in [0.15, 0.2) is 18.3 Å². The number of hydrogen-bond acceptors (Lipinski definition) is 3. The van der Waals surface area contributed by atoms with Gasteiger partial charge in [-0.05, 0) is 30.9 Å². The zero-order valence-corrected chi connectivity index (χ0v) is 11.5. The molecule has 5 heteroatoms. The Hall–Kier alpha value is -1.33. The van der Waals surface area contributed by atoms with Crippen LogP contribution in [-0.2, 0) is 23.1 Å². The first-order valence-corrected chi connectivity index (χ1v) is 6.86. The molecule has 0 saturated carbocycles. The zero-order valence-electron chi connectivity index (χ0n) is 11.5.